The molecule has 4 aromatic rings. The normalized spacial score (nSPS) is 13.8. The minimum absolute atomic E-state index is 0.257. The molecule has 43 heavy (non-hydrogen) atoms. The highest BCUT2D eigenvalue weighted by Crippen LogP contribution is 2.27. The van der Waals surface area contributed by atoms with Crippen LogP contribution in [0.1, 0.15) is 11.1 Å². The molecule has 1 aliphatic heterocycles. The van der Waals surface area contributed by atoms with Crippen LogP contribution in [0, 0.1) is 0 Å². The van der Waals surface area contributed by atoms with Gasteiger partial charge in [-0.05, 0) is 66.2 Å². The van der Waals surface area contributed by atoms with Gasteiger partial charge in [0.1, 0.15) is 29.4 Å². The number of imide groups is 2. The largest absolute Gasteiger partial charge is 0.497 e. The van der Waals surface area contributed by atoms with E-state index in [9.17, 15) is 19.2 Å². The van der Waals surface area contributed by atoms with Gasteiger partial charge in [-0.2, -0.15) is 0 Å². The summed E-state index contributed by atoms with van der Waals surface area (Å²) in [6.07, 6.45) is 1.32. The molecule has 1 fully saturated rings. The van der Waals surface area contributed by atoms with E-state index >= 15 is 0 Å². The molecule has 5 rings (SSSR count). The predicted octanol–water partition coefficient (Wildman–Crippen LogP) is 4.96. The van der Waals surface area contributed by atoms with Crippen molar-refractivity contribution in [1.29, 1.82) is 0 Å². The van der Waals surface area contributed by atoms with Crippen LogP contribution in [0.3, 0.4) is 0 Å². The van der Waals surface area contributed by atoms with E-state index in [2.05, 4.69) is 10.6 Å². The van der Waals surface area contributed by atoms with E-state index in [0.29, 0.717) is 29.4 Å². The van der Waals surface area contributed by atoms with Gasteiger partial charge in [-0.15, -0.1) is 0 Å². The topological polar surface area (TPSA) is 123 Å². The molecule has 1 heterocycles. The molecule has 4 aromatic carbocycles. The van der Waals surface area contributed by atoms with Crippen LogP contribution in [-0.4, -0.2) is 37.5 Å². The molecule has 1 aliphatic rings. The molecule has 0 spiro atoms. The second-order valence-corrected chi connectivity index (χ2v) is 9.33. The van der Waals surface area contributed by atoms with Gasteiger partial charge in [0, 0.05) is 11.3 Å². The average Bonchev–Trinajstić information content (AvgIpc) is 3.03. The first kappa shape index (κ1) is 28.6. The number of barbiturate groups is 1. The van der Waals surface area contributed by atoms with Crippen molar-refractivity contribution in [3.63, 3.8) is 0 Å². The number of urea groups is 1. The maximum Gasteiger partial charge on any atom is 0.335 e. The Hall–Kier alpha value is -5.90. The number of rotatable bonds is 10. The number of hydrogen-bond acceptors (Lipinski definition) is 7. The second kappa shape index (κ2) is 13.2. The average molecular weight is 578 g/mol. The van der Waals surface area contributed by atoms with Crippen molar-refractivity contribution in [3.05, 3.63) is 120 Å². The first-order valence-corrected chi connectivity index (χ1v) is 13.3. The van der Waals surface area contributed by atoms with Crippen LogP contribution in [0.4, 0.5) is 16.2 Å². The molecule has 0 atom stereocenters. The highest BCUT2D eigenvalue weighted by molar-refractivity contribution is 6.39. The summed E-state index contributed by atoms with van der Waals surface area (Å²) >= 11 is 0. The zero-order valence-electron chi connectivity index (χ0n) is 23.1. The van der Waals surface area contributed by atoms with Crippen molar-refractivity contribution < 1.29 is 33.4 Å². The number of nitrogens with zero attached hydrogens (tertiary/aromatic N) is 1. The maximum atomic E-state index is 13.4. The molecular formula is C33H27N3O7. The number of ether oxygens (including phenoxy) is 3. The van der Waals surface area contributed by atoms with Crippen molar-refractivity contribution in [3.8, 4) is 17.2 Å². The van der Waals surface area contributed by atoms with Crippen molar-refractivity contribution in [2.45, 2.75) is 6.61 Å². The standard InChI is InChI=1S/C33H27N3O7/c1-41-26-15-11-24(12-16-26)34-30(37)21-43-29-10-6-5-9-23(29)19-28-31(38)35-33(40)36(32(28)39)25-13-17-27(18-14-25)42-20-22-7-3-2-4-8-22/h2-19H,20-21H2,1H3,(H,34,37)(H,35,38,40)/b28-19-. The molecule has 0 aromatic heterocycles. The Bertz CT molecular complexity index is 1670. The molecule has 1 saturated heterocycles. The molecule has 5 amide bonds. The van der Waals surface area contributed by atoms with Crippen LogP contribution < -0.4 is 29.7 Å². The van der Waals surface area contributed by atoms with Crippen LogP contribution in [0.5, 0.6) is 17.2 Å². The summed E-state index contributed by atoms with van der Waals surface area (Å²) in [6.45, 7) is 0.0327. The van der Waals surface area contributed by atoms with Crippen molar-refractivity contribution in [2.24, 2.45) is 0 Å². The molecule has 10 nitrogen and oxygen atoms in total. The van der Waals surface area contributed by atoms with Gasteiger partial charge in [0.25, 0.3) is 17.7 Å². The van der Waals surface area contributed by atoms with E-state index in [1.54, 1.807) is 79.9 Å². The van der Waals surface area contributed by atoms with Crippen LogP contribution >= 0.6 is 0 Å². The number of amides is 5. The Kier molecular flexibility index (Phi) is 8.77. The fourth-order valence-corrected chi connectivity index (χ4v) is 4.23. The van der Waals surface area contributed by atoms with E-state index in [1.165, 1.54) is 6.08 Å². The summed E-state index contributed by atoms with van der Waals surface area (Å²) in [5.74, 6) is -0.593. The van der Waals surface area contributed by atoms with E-state index in [-0.39, 0.29) is 23.6 Å². The quantitative estimate of drug-likeness (QED) is 0.202. The summed E-state index contributed by atoms with van der Waals surface area (Å²) in [4.78, 5) is 52.1. The molecule has 10 heteroatoms. The van der Waals surface area contributed by atoms with Gasteiger partial charge in [-0.3, -0.25) is 19.7 Å². The van der Waals surface area contributed by atoms with E-state index in [1.807, 2.05) is 30.3 Å². The van der Waals surface area contributed by atoms with Gasteiger partial charge < -0.3 is 19.5 Å². The van der Waals surface area contributed by atoms with E-state index < -0.39 is 23.8 Å². The zero-order valence-corrected chi connectivity index (χ0v) is 23.1. The fourth-order valence-electron chi connectivity index (χ4n) is 4.23. The number of para-hydroxylation sites is 1. The molecule has 216 valence electrons. The number of carbonyl (C=O) groups excluding carboxylic acids is 4. The summed E-state index contributed by atoms with van der Waals surface area (Å²) < 4.78 is 16.6. The first-order chi connectivity index (χ1) is 20.9. The first-order valence-electron chi connectivity index (χ1n) is 13.3. The summed E-state index contributed by atoms with van der Waals surface area (Å²) in [5.41, 5.74) is 1.91. The minimum atomic E-state index is -0.871. The molecular weight excluding hydrogens is 550 g/mol. The Balaban J connectivity index is 1.28. The van der Waals surface area contributed by atoms with Gasteiger partial charge in [-0.25, -0.2) is 9.69 Å². The van der Waals surface area contributed by atoms with Crippen LogP contribution in [0.15, 0.2) is 109 Å². The zero-order chi connectivity index (χ0) is 30.2. The number of nitrogens with one attached hydrogen (secondary N) is 2. The Morgan fingerprint density at radius 1 is 0.814 bits per heavy atom. The third kappa shape index (κ3) is 7.06. The lowest BCUT2D eigenvalue weighted by molar-refractivity contribution is -0.122. The molecule has 0 aliphatic carbocycles. The fraction of sp³-hybridized carbons (Fsp3) is 0.0909. The molecule has 0 saturated carbocycles. The molecule has 0 radical (unpaired) electrons. The van der Waals surface area contributed by atoms with E-state index in [0.717, 1.165) is 10.5 Å². The Morgan fingerprint density at radius 2 is 1.49 bits per heavy atom. The van der Waals surface area contributed by atoms with Crippen molar-refractivity contribution >= 4 is 41.2 Å². The van der Waals surface area contributed by atoms with Gasteiger partial charge in [0.05, 0.1) is 12.8 Å². The van der Waals surface area contributed by atoms with Crippen molar-refractivity contribution in [1.82, 2.24) is 5.32 Å². The monoisotopic (exact) mass is 577 g/mol. The maximum absolute atomic E-state index is 13.4. The number of carbonyl (C=O) groups is 4. The number of hydrogen-bond donors (Lipinski definition) is 2. The lowest BCUT2D eigenvalue weighted by Crippen LogP contribution is -2.54. The lowest BCUT2D eigenvalue weighted by atomic mass is 10.1. The highest BCUT2D eigenvalue weighted by atomic mass is 16.5. The Labute approximate surface area is 247 Å². The van der Waals surface area contributed by atoms with Gasteiger partial charge in [-0.1, -0.05) is 48.5 Å². The smallest absolute Gasteiger partial charge is 0.335 e. The van der Waals surface area contributed by atoms with Crippen LogP contribution in [0.2, 0.25) is 0 Å². The number of benzene rings is 4. The highest BCUT2D eigenvalue weighted by Gasteiger charge is 2.37. The summed E-state index contributed by atoms with van der Waals surface area (Å²) in [7, 11) is 1.55. The van der Waals surface area contributed by atoms with Crippen LogP contribution in [0.25, 0.3) is 6.08 Å². The molecule has 0 bridgehead atoms. The Morgan fingerprint density at radius 3 is 2.21 bits per heavy atom. The lowest BCUT2D eigenvalue weighted by Gasteiger charge is -2.26. The van der Waals surface area contributed by atoms with E-state index in [4.69, 9.17) is 14.2 Å². The van der Waals surface area contributed by atoms with Crippen molar-refractivity contribution in [2.75, 3.05) is 23.9 Å². The minimum Gasteiger partial charge on any atom is -0.497 e. The molecule has 2 N–H and O–H groups in total. The van der Waals surface area contributed by atoms with Gasteiger partial charge in [0.15, 0.2) is 6.61 Å². The summed E-state index contributed by atoms with van der Waals surface area (Å²) in [6, 6.07) is 28.6. The number of anilines is 2. The van der Waals surface area contributed by atoms with Gasteiger partial charge >= 0.3 is 6.03 Å². The molecule has 0 unspecified atom stereocenters. The summed E-state index contributed by atoms with van der Waals surface area (Å²) in [5, 5.41) is 4.93. The number of methoxy groups -OCH3 is 1. The van der Waals surface area contributed by atoms with Gasteiger partial charge in [0.2, 0.25) is 0 Å². The predicted molar refractivity (Wildman–Crippen MR) is 160 cm³/mol. The SMILES string of the molecule is COc1ccc(NC(=O)COc2ccccc2/C=C2/C(=O)NC(=O)N(c3ccc(OCc4ccccc4)cc3)C2=O)cc1. The third-order valence-corrected chi connectivity index (χ3v) is 6.40. The second-order valence-electron chi connectivity index (χ2n) is 9.33. The van der Waals surface area contributed by atoms with Crippen LogP contribution in [-0.2, 0) is 21.0 Å². The third-order valence-electron chi connectivity index (χ3n) is 6.40.